The minimum Gasteiger partial charge on any atom is -0.489 e. The molecule has 0 radical (unpaired) electrons. The van der Waals surface area contributed by atoms with Gasteiger partial charge in [-0.05, 0) is 24.3 Å². The molecule has 19 heavy (non-hydrogen) atoms. The molecule has 0 aromatic heterocycles. The molecule has 0 aliphatic rings. The van der Waals surface area contributed by atoms with Crippen LogP contribution < -0.4 is 10.5 Å². The van der Waals surface area contributed by atoms with E-state index in [2.05, 4.69) is 4.74 Å². The number of esters is 1. The number of benzene rings is 2. The van der Waals surface area contributed by atoms with Crippen molar-refractivity contribution in [1.29, 1.82) is 0 Å². The Morgan fingerprint density at radius 1 is 1.16 bits per heavy atom. The zero-order valence-corrected chi connectivity index (χ0v) is 10.6. The molecule has 2 aromatic carbocycles. The highest BCUT2D eigenvalue weighted by molar-refractivity contribution is 5.90. The molecule has 2 N–H and O–H groups in total. The van der Waals surface area contributed by atoms with Gasteiger partial charge < -0.3 is 15.2 Å². The zero-order valence-electron chi connectivity index (χ0n) is 10.6. The summed E-state index contributed by atoms with van der Waals surface area (Å²) in [5.74, 6) is 0.376. The first-order valence-electron chi connectivity index (χ1n) is 5.85. The predicted octanol–water partition coefficient (Wildman–Crippen LogP) is 2.63. The molecule has 4 nitrogen and oxygen atoms in total. The van der Waals surface area contributed by atoms with Crippen LogP contribution in [0.1, 0.15) is 15.9 Å². The van der Waals surface area contributed by atoms with Crippen molar-refractivity contribution in [2.75, 3.05) is 12.8 Å². The van der Waals surface area contributed by atoms with E-state index in [1.54, 1.807) is 18.2 Å². The smallest absolute Gasteiger partial charge is 0.337 e. The third-order valence-corrected chi connectivity index (χ3v) is 2.70. The number of carbonyl (C=O) groups is 1. The molecule has 0 aliphatic heterocycles. The van der Waals surface area contributed by atoms with Gasteiger partial charge in [0.1, 0.15) is 12.4 Å². The minimum atomic E-state index is -0.401. The standard InChI is InChI=1S/C15H15NO3/c1-18-15(17)11-7-8-12(14(16)9-11)10-19-13-5-3-2-4-6-13/h2-9H,10,16H2,1H3. The van der Waals surface area contributed by atoms with Crippen molar-refractivity contribution in [3.8, 4) is 5.75 Å². The van der Waals surface area contributed by atoms with E-state index in [1.807, 2.05) is 30.3 Å². The molecule has 0 heterocycles. The molecule has 2 aromatic rings. The highest BCUT2D eigenvalue weighted by Crippen LogP contribution is 2.18. The number of methoxy groups -OCH3 is 1. The Morgan fingerprint density at radius 3 is 2.53 bits per heavy atom. The molecular weight excluding hydrogens is 242 g/mol. The van der Waals surface area contributed by atoms with Gasteiger partial charge in [0.2, 0.25) is 0 Å². The fourth-order valence-electron chi connectivity index (χ4n) is 1.65. The van der Waals surface area contributed by atoms with Gasteiger partial charge in [-0.15, -0.1) is 0 Å². The van der Waals surface area contributed by atoms with Gasteiger partial charge in [-0.25, -0.2) is 4.79 Å². The van der Waals surface area contributed by atoms with Crippen molar-refractivity contribution < 1.29 is 14.3 Å². The Bertz CT molecular complexity index is 567. The van der Waals surface area contributed by atoms with Gasteiger partial charge in [0, 0.05) is 11.3 Å². The molecule has 0 amide bonds. The van der Waals surface area contributed by atoms with Gasteiger partial charge in [0.15, 0.2) is 0 Å². The van der Waals surface area contributed by atoms with Gasteiger partial charge in [-0.2, -0.15) is 0 Å². The lowest BCUT2D eigenvalue weighted by molar-refractivity contribution is 0.0600. The molecule has 0 atom stereocenters. The molecule has 0 spiro atoms. The van der Waals surface area contributed by atoms with E-state index in [0.717, 1.165) is 11.3 Å². The SMILES string of the molecule is COC(=O)c1ccc(COc2ccccc2)c(N)c1. The minimum absolute atomic E-state index is 0.358. The lowest BCUT2D eigenvalue weighted by Gasteiger charge is -2.09. The maximum Gasteiger partial charge on any atom is 0.337 e. The maximum absolute atomic E-state index is 11.3. The summed E-state index contributed by atoms with van der Waals surface area (Å²) in [6.07, 6.45) is 0. The van der Waals surface area contributed by atoms with Crippen LogP contribution in [0.3, 0.4) is 0 Å². The Balaban J connectivity index is 2.07. The molecule has 0 bridgehead atoms. The Hall–Kier alpha value is -2.49. The van der Waals surface area contributed by atoms with Gasteiger partial charge in [-0.3, -0.25) is 0 Å². The van der Waals surface area contributed by atoms with Crippen LogP contribution in [0.15, 0.2) is 48.5 Å². The van der Waals surface area contributed by atoms with Crippen molar-refractivity contribution in [3.63, 3.8) is 0 Å². The van der Waals surface area contributed by atoms with Crippen LogP contribution in [-0.4, -0.2) is 13.1 Å². The summed E-state index contributed by atoms with van der Waals surface area (Å²) in [5, 5.41) is 0. The lowest BCUT2D eigenvalue weighted by Crippen LogP contribution is -2.05. The van der Waals surface area contributed by atoms with E-state index in [9.17, 15) is 4.79 Å². The zero-order chi connectivity index (χ0) is 13.7. The summed E-state index contributed by atoms with van der Waals surface area (Å²) < 4.78 is 10.2. The van der Waals surface area contributed by atoms with Crippen molar-refractivity contribution in [1.82, 2.24) is 0 Å². The number of carbonyl (C=O) groups excluding carboxylic acids is 1. The number of anilines is 1. The van der Waals surface area contributed by atoms with Gasteiger partial charge in [0.05, 0.1) is 12.7 Å². The van der Waals surface area contributed by atoms with E-state index in [0.29, 0.717) is 17.9 Å². The fraction of sp³-hybridized carbons (Fsp3) is 0.133. The topological polar surface area (TPSA) is 61.5 Å². The van der Waals surface area contributed by atoms with Crippen LogP contribution >= 0.6 is 0 Å². The summed E-state index contributed by atoms with van der Waals surface area (Å²) in [4.78, 5) is 11.3. The van der Waals surface area contributed by atoms with Crippen molar-refractivity contribution in [2.45, 2.75) is 6.61 Å². The van der Waals surface area contributed by atoms with Crippen molar-refractivity contribution >= 4 is 11.7 Å². The molecule has 4 heteroatoms. The highest BCUT2D eigenvalue weighted by Gasteiger charge is 2.08. The normalized spacial score (nSPS) is 9.95. The average Bonchev–Trinajstić information content (AvgIpc) is 2.46. The van der Waals surface area contributed by atoms with E-state index < -0.39 is 5.97 Å². The average molecular weight is 257 g/mol. The quantitative estimate of drug-likeness (QED) is 0.675. The largest absolute Gasteiger partial charge is 0.489 e. The van der Waals surface area contributed by atoms with Crippen molar-refractivity contribution in [2.24, 2.45) is 0 Å². The second-order valence-corrected chi connectivity index (χ2v) is 4.01. The molecule has 0 unspecified atom stereocenters. The molecule has 98 valence electrons. The lowest BCUT2D eigenvalue weighted by atomic mass is 10.1. The number of hydrogen-bond acceptors (Lipinski definition) is 4. The maximum atomic E-state index is 11.3. The molecular formula is C15H15NO3. The first-order chi connectivity index (χ1) is 9.20. The Labute approximate surface area is 111 Å². The number of nitrogen functional groups attached to an aromatic ring is 1. The summed E-state index contributed by atoms with van der Waals surface area (Å²) in [7, 11) is 1.34. The van der Waals surface area contributed by atoms with Gasteiger partial charge in [-0.1, -0.05) is 24.3 Å². The number of rotatable bonds is 4. The van der Waals surface area contributed by atoms with E-state index >= 15 is 0 Å². The van der Waals surface area contributed by atoms with Crippen LogP contribution in [0.2, 0.25) is 0 Å². The Morgan fingerprint density at radius 2 is 1.89 bits per heavy atom. The molecule has 0 saturated carbocycles. The fourth-order valence-corrected chi connectivity index (χ4v) is 1.65. The second kappa shape index (κ2) is 5.91. The van der Waals surface area contributed by atoms with Crippen LogP contribution in [-0.2, 0) is 11.3 Å². The van der Waals surface area contributed by atoms with E-state index in [1.165, 1.54) is 7.11 Å². The first-order valence-corrected chi connectivity index (χ1v) is 5.85. The van der Waals surface area contributed by atoms with E-state index in [-0.39, 0.29) is 0 Å². The third-order valence-electron chi connectivity index (χ3n) is 2.70. The summed E-state index contributed by atoms with van der Waals surface area (Å²) in [6.45, 7) is 0.358. The van der Waals surface area contributed by atoms with Crippen LogP contribution in [0, 0.1) is 0 Å². The summed E-state index contributed by atoms with van der Waals surface area (Å²) in [5.41, 5.74) is 7.67. The molecule has 2 rings (SSSR count). The molecule has 0 fully saturated rings. The molecule has 0 saturated heterocycles. The number of hydrogen-bond donors (Lipinski definition) is 1. The second-order valence-electron chi connectivity index (χ2n) is 4.01. The number of para-hydroxylation sites is 1. The third kappa shape index (κ3) is 3.25. The van der Waals surface area contributed by atoms with Crippen LogP contribution in [0.25, 0.3) is 0 Å². The number of ether oxygens (including phenoxy) is 2. The molecule has 0 aliphatic carbocycles. The van der Waals surface area contributed by atoms with E-state index in [4.69, 9.17) is 10.5 Å². The summed E-state index contributed by atoms with van der Waals surface area (Å²) in [6, 6.07) is 14.5. The summed E-state index contributed by atoms with van der Waals surface area (Å²) >= 11 is 0. The Kier molecular flexibility index (Phi) is 4.03. The first kappa shape index (κ1) is 13.0. The van der Waals surface area contributed by atoms with Gasteiger partial charge >= 0.3 is 5.97 Å². The van der Waals surface area contributed by atoms with Gasteiger partial charge in [0.25, 0.3) is 0 Å². The van der Waals surface area contributed by atoms with Crippen molar-refractivity contribution in [3.05, 3.63) is 59.7 Å². The van der Waals surface area contributed by atoms with Crippen LogP contribution in [0.5, 0.6) is 5.75 Å². The predicted molar refractivity (Wildman–Crippen MR) is 73.0 cm³/mol. The monoisotopic (exact) mass is 257 g/mol. The number of nitrogens with two attached hydrogens (primary N) is 1. The van der Waals surface area contributed by atoms with Crippen LogP contribution in [0.4, 0.5) is 5.69 Å². The highest BCUT2D eigenvalue weighted by atomic mass is 16.5.